The van der Waals surface area contributed by atoms with Gasteiger partial charge in [-0.25, -0.2) is 18.4 Å². The van der Waals surface area contributed by atoms with Crippen LogP contribution >= 0.6 is 11.3 Å². The zero-order valence-corrected chi connectivity index (χ0v) is 21.9. The summed E-state index contributed by atoms with van der Waals surface area (Å²) in [7, 11) is -3.36. The maximum absolute atomic E-state index is 13.3. The Morgan fingerprint density at radius 2 is 2.00 bits per heavy atom. The number of pyridine rings is 1. The maximum atomic E-state index is 13.3. The van der Waals surface area contributed by atoms with Gasteiger partial charge in [-0.05, 0) is 31.0 Å². The van der Waals surface area contributed by atoms with Crippen molar-refractivity contribution in [1.82, 2.24) is 9.97 Å². The molecule has 200 valence electrons. The number of aliphatic hydroxyl groups is 1. The summed E-state index contributed by atoms with van der Waals surface area (Å²) in [4.78, 5) is 28.4. The van der Waals surface area contributed by atoms with Crippen molar-refractivity contribution >= 4 is 37.9 Å². The van der Waals surface area contributed by atoms with Crippen molar-refractivity contribution in [2.45, 2.75) is 35.5 Å². The van der Waals surface area contributed by atoms with Gasteiger partial charge in [0.25, 0.3) is 5.91 Å². The van der Waals surface area contributed by atoms with Crippen LogP contribution in [0.25, 0.3) is 10.6 Å². The molecule has 38 heavy (non-hydrogen) atoms. The second-order valence-electron chi connectivity index (χ2n) is 8.72. The number of rotatable bonds is 11. The number of amides is 1. The van der Waals surface area contributed by atoms with Crippen molar-refractivity contribution in [3.8, 4) is 16.5 Å². The monoisotopic (exact) mass is 558 g/mol. The van der Waals surface area contributed by atoms with Crippen LogP contribution in [0.15, 0.2) is 58.7 Å². The molecule has 2 aromatic heterocycles. The zero-order chi connectivity index (χ0) is 26.5. The van der Waals surface area contributed by atoms with Crippen molar-refractivity contribution in [2.75, 3.05) is 31.7 Å². The number of ether oxygens (including phenoxy) is 2. The number of nitrogens with zero attached hydrogens (tertiary/aromatic N) is 3. The van der Waals surface area contributed by atoms with Gasteiger partial charge in [-0.3, -0.25) is 10.1 Å². The Morgan fingerprint density at radius 1 is 1.18 bits per heavy atom. The minimum absolute atomic E-state index is 0.0125. The molecule has 3 aromatic rings. The van der Waals surface area contributed by atoms with Gasteiger partial charge in [-0.2, -0.15) is 0 Å². The first-order chi connectivity index (χ1) is 18.4. The Morgan fingerprint density at radius 3 is 2.71 bits per heavy atom. The summed E-state index contributed by atoms with van der Waals surface area (Å²) < 4.78 is 35.8. The standard InChI is InChI=1S/C25H26N4O7S2/c30-11-13-35-22-3-1-2-20(27-22)21-14-26-25(37-21)28-24(31)23(29-36-17-10-12-34-15-17)16-4-6-18(7-5-16)38(32,33)19-8-9-19/h1-7,14,17,19,30H,8-13,15H2,(H,26,28,31)/t17-/m1/s1. The molecule has 0 bridgehead atoms. The van der Waals surface area contributed by atoms with Gasteiger partial charge >= 0.3 is 0 Å². The van der Waals surface area contributed by atoms with E-state index in [0.29, 0.717) is 59.6 Å². The number of benzene rings is 1. The van der Waals surface area contributed by atoms with E-state index in [0.717, 1.165) is 0 Å². The van der Waals surface area contributed by atoms with Crippen molar-refractivity contribution in [3.63, 3.8) is 0 Å². The number of nitrogens with one attached hydrogen (secondary N) is 1. The lowest BCUT2D eigenvalue weighted by molar-refractivity contribution is -0.110. The molecule has 13 heteroatoms. The fraction of sp³-hybridized carbons (Fsp3) is 0.360. The highest BCUT2D eigenvalue weighted by atomic mass is 32.2. The summed E-state index contributed by atoms with van der Waals surface area (Å²) in [5.74, 6) is -0.194. The van der Waals surface area contributed by atoms with Gasteiger partial charge in [0.15, 0.2) is 26.8 Å². The molecule has 1 aromatic carbocycles. The molecule has 5 rings (SSSR count). The molecule has 0 spiro atoms. The van der Waals surface area contributed by atoms with E-state index in [-0.39, 0.29) is 35.2 Å². The Labute approximate surface area is 223 Å². The summed E-state index contributed by atoms with van der Waals surface area (Å²) in [5.41, 5.74) is 0.995. The molecule has 1 atom stereocenters. The van der Waals surface area contributed by atoms with Crippen molar-refractivity contribution in [3.05, 3.63) is 54.2 Å². The van der Waals surface area contributed by atoms with E-state index in [1.807, 2.05) is 0 Å². The molecule has 2 N–H and O–H groups in total. The first-order valence-electron chi connectivity index (χ1n) is 12.1. The normalized spacial score (nSPS) is 17.8. The van der Waals surface area contributed by atoms with Crippen LogP contribution in [-0.4, -0.2) is 72.9 Å². The molecular formula is C25H26N4O7S2. The summed E-state index contributed by atoms with van der Waals surface area (Å²) in [6.07, 6.45) is 3.30. The van der Waals surface area contributed by atoms with Gasteiger partial charge in [0.1, 0.15) is 6.61 Å². The van der Waals surface area contributed by atoms with Crippen molar-refractivity contribution < 1.29 is 32.6 Å². The smallest absolute Gasteiger partial charge is 0.280 e. The highest BCUT2D eigenvalue weighted by Gasteiger charge is 2.36. The number of thiazole rings is 1. The first-order valence-corrected chi connectivity index (χ1v) is 14.4. The quantitative estimate of drug-likeness (QED) is 0.267. The van der Waals surface area contributed by atoms with Gasteiger partial charge < -0.3 is 19.4 Å². The van der Waals surface area contributed by atoms with E-state index in [9.17, 15) is 13.2 Å². The summed E-state index contributed by atoms with van der Waals surface area (Å²) >= 11 is 1.21. The topological polar surface area (TPSA) is 149 Å². The van der Waals surface area contributed by atoms with Crippen LogP contribution in [0.4, 0.5) is 5.13 Å². The fourth-order valence-electron chi connectivity index (χ4n) is 3.71. The van der Waals surface area contributed by atoms with Gasteiger partial charge in [0, 0.05) is 24.2 Å². The molecule has 1 aliphatic carbocycles. The molecule has 0 unspecified atom stereocenters. The SMILES string of the molecule is O=C(Nc1ncc(-c2cccc(OCCO)n2)s1)C(=NO[C@@H]1CCOC1)c1ccc(S(=O)(=O)C2CC2)cc1. The van der Waals surface area contributed by atoms with Crippen LogP contribution in [-0.2, 0) is 24.2 Å². The number of carbonyl (C=O) groups is 1. The summed E-state index contributed by atoms with van der Waals surface area (Å²) in [5, 5.41) is 15.8. The van der Waals surface area contributed by atoms with Crippen LogP contribution in [0.3, 0.4) is 0 Å². The number of hydrogen-bond acceptors (Lipinski definition) is 11. The predicted molar refractivity (Wildman–Crippen MR) is 140 cm³/mol. The van der Waals surface area contributed by atoms with E-state index in [1.54, 1.807) is 36.5 Å². The minimum atomic E-state index is -3.36. The number of oxime groups is 1. The van der Waals surface area contributed by atoms with Gasteiger partial charge in [-0.15, -0.1) is 0 Å². The maximum Gasteiger partial charge on any atom is 0.280 e. The molecule has 1 amide bonds. The van der Waals surface area contributed by atoms with E-state index in [2.05, 4.69) is 20.4 Å². The highest BCUT2D eigenvalue weighted by molar-refractivity contribution is 7.92. The number of anilines is 1. The average Bonchev–Trinajstić information content (AvgIpc) is 3.48. The number of carbonyl (C=O) groups excluding carboxylic acids is 1. The first kappa shape index (κ1) is 26.2. The van der Waals surface area contributed by atoms with Crippen molar-refractivity contribution in [1.29, 1.82) is 0 Å². The van der Waals surface area contributed by atoms with Crippen LogP contribution in [0, 0.1) is 0 Å². The Kier molecular flexibility index (Phi) is 7.98. The van der Waals surface area contributed by atoms with Gasteiger partial charge in [-0.1, -0.05) is 34.7 Å². The third kappa shape index (κ3) is 6.18. The third-order valence-electron chi connectivity index (χ3n) is 5.86. The van der Waals surface area contributed by atoms with E-state index in [1.165, 1.54) is 23.5 Å². The Bertz CT molecular complexity index is 1410. The predicted octanol–water partition coefficient (Wildman–Crippen LogP) is 2.66. The second kappa shape index (κ2) is 11.6. The fourth-order valence-corrected chi connectivity index (χ4v) is 6.15. The van der Waals surface area contributed by atoms with E-state index < -0.39 is 15.7 Å². The van der Waals surface area contributed by atoms with Gasteiger partial charge in [0.05, 0.1) is 40.5 Å². The molecule has 2 fully saturated rings. The van der Waals surface area contributed by atoms with Crippen LogP contribution in [0.5, 0.6) is 5.88 Å². The molecule has 11 nitrogen and oxygen atoms in total. The second-order valence-corrected chi connectivity index (χ2v) is 12.0. The number of aromatic nitrogens is 2. The molecular weight excluding hydrogens is 532 g/mol. The van der Waals surface area contributed by atoms with Crippen LogP contribution in [0.1, 0.15) is 24.8 Å². The number of aliphatic hydroxyl groups excluding tert-OH is 1. The lowest BCUT2D eigenvalue weighted by Crippen LogP contribution is -2.25. The molecule has 1 saturated carbocycles. The highest BCUT2D eigenvalue weighted by Crippen LogP contribution is 2.33. The minimum Gasteiger partial charge on any atom is -0.475 e. The summed E-state index contributed by atoms with van der Waals surface area (Å²) in [6, 6.07) is 11.3. The summed E-state index contributed by atoms with van der Waals surface area (Å²) in [6.45, 7) is 0.937. The van der Waals surface area contributed by atoms with Gasteiger partial charge in [0.2, 0.25) is 5.88 Å². The third-order valence-corrected chi connectivity index (χ3v) is 9.07. The molecule has 1 saturated heterocycles. The zero-order valence-electron chi connectivity index (χ0n) is 20.3. The number of sulfone groups is 1. The molecule has 1 aliphatic heterocycles. The Balaban J connectivity index is 1.34. The lowest BCUT2D eigenvalue weighted by atomic mass is 10.1. The average molecular weight is 559 g/mol. The van der Waals surface area contributed by atoms with Crippen LogP contribution in [0.2, 0.25) is 0 Å². The molecule has 0 radical (unpaired) electrons. The largest absolute Gasteiger partial charge is 0.475 e. The van der Waals surface area contributed by atoms with Crippen LogP contribution < -0.4 is 10.1 Å². The molecule has 3 heterocycles. The Hall–Kier alpha value is -3.39. The molecule has 2 aliphatic rings. The lowest BCUT2D eigenvalue weighted by Gasteiger charge is -2.10. The van der Waals surface area contributed by atoms with Crippen molar-refractivity contribution in [2.24, 2.45) is 5.16 Å². The number of hydrogen-bond donors (Lipinski definition) is 2. The van der Waals surface area contributed by atoms with E-state index in [4.69, 9.17) is 19.4 Å². The van der Waals surface area contributed by atoms with E-state index >= 15 is 0 Å².